The van der Waals surface area contributed by atoms with Gasteiger partial charge in [0.25, 0.3) is 0 Å². The Morgan fingerprint density at radius 1 is 0.333 bits per heavy atom. The number of aliphatic hydroxyl groups is 2. The van der Waals surface area contributed by atoms with Gasteiger partial charge in [-0.2, -0.15) is 0 Å². The van der Waals surface area contributed by atoms with Crippen molar-refractivity contribution in [3.63, 3.8) is 0 Å². The summed E-state index contributed by atoms with van der Waals surface area (Å²) in [6.07, 6.45) is 96.0. The Labute approximate surface area is 525 Å². The zero-order valence-corrected chi connectivity index (χ0v) is 56.6. The molecular formula is C78H147NO5. The van der Waals surface area contributed by atoms with E-state index in [1.165, 1.54) is 321 Å². The largest absolute Gasteiger partial charge is 0.466 e. The molecule has 6 nitrogen and oxygen atoms in total. The second-order valence-corrected chi connectivity index (χ2v) is 26.0. The smallest absolute Gasteiger partial charge is 0.305 e. The fourth-order valence-electron chi connectivity index (χ4n) is 11.8. The SMILES string of the molecule is CCCCC/C=C\C/C=C\CCCCCCCCCCCC(=O)OCCCCCCCCCCC/C=C\C/C=C\CCCCCCCCCCCCCCCC(=O)NC(CO)C(O)CCCCCCCCCCCCCCCCCCCCC. The minimum absolute atomic E-state index is 0.00869. The van der Waals surface area contributed by atoms with E-state index in [1.54, 1.807) is 0 Å². The topological polar surface area (TPSA) is 95.9 Å². The van der Waals surface area contributed by atoms with Crippen LogP contribution in [-0.2, 0) is 14.3 Å². The maximum atomic E-state index is 12.5. The van der Waals surface area contributed by atoms with Gasteiger partial charge in [-0.1, -0.05) is 358 Å². The Bertz CT molecular complexity index is 1400. The number of ether oxygens (including phenoxy) is 1. The first-order chi connectivity index (χ1) is 41.5. The van der Waals surface area contributed by atoms with Crippen LogP contribution in [0.3, 0.4) is 0 Å². The third kappa shape index (κ3) is 68.9. The normalized spacial score (nSPS) is 12.8. The summed E-state index contributed by atoms with van der Waals surface area (Å²) in [6.45, 7) is 4.96. The van der Waals surface area contributed by atoms with Gasteiger partial charge in [0.15, 0.2) is 0 Å². The van der Waals surface area contributed by atoms with Gasteiger partial charge >= 0.3 is 5.97 Å². The van der Waals surface area contributed by atoms with Gasteiger partial charge in [0.1, 0.15) is 0 Å². The highest BCUT2D eigenvalue weighted by Gasteiger charge is 2.20. The first-order valence-corrected chi connectivity index (χ1v) is 37.9. The van der Waals surface area contributed by atoms with Crippen molar-refractivity contribution in [2.24, 2.45) is 0 Å². The Morgan fingerprint density at radius 2 is 0.595 bits per heavy atom. The zero-order chi connectivity index (χ0) is 60.6. The standard InChI is InChI=1S/C78H147NO5/c1-3-5-7-9-11-13-15-17-19-21-34-38-42-46-50-54-58-62-66-70-76(81)75(74-80)79-77(82)71-67-63-59-55-51-47-43-39-36-32-30-28-26-24-23-25-27-29-31-33-37-41-45-49-53-57-61-65-69-73-84-78(83)72-68-64-60-56-52-48-44-40-35-22-20-18-16-14-12-10-8-6-4-2/h12,14,18,20,23,25,29,31,75-76,80-81H,3-11,13,15-17,19,21-22,24,26-28,30,32-74H2,1-2H3,(H,79,82)/b14-12-,20-18-,25-23-,31-29-. The molecule has 0 aromatic heterocycles. The summed E-state index contributed by atoms with van der Waals surface area (Å²) >= 11 is 0. The lowest BCUT2D eigenvalue weighted by Crippen LogP contribution is -2.45. The average molecular weight is 1180 g/mol. The fraction of sp³-hybridized carbons (Fsp3) is 0.872. The second-order valence-electron chi connectivity index (χ2n) is 26.0. The maximum absolute atomic E-state index is 12.5. The Morgan fingerprint density at radius 3 is 0.929 bits per heavy atom. The molecule has 0 heterocycles. The molecule has 0 saturated carbocycles. The Kier molecular flexibility index (Phi) is 71.4. The molecule has 0 bridgehead atoms. The molecule has 6 heteroatoms. The number of esters is 1. The highest BCUT2D eigenvalue weighted by molar-refractivity contribution is 5.76. The summed E-state index contributed by atoms with van der Waals surface area (Å²) in [5.41, 5.74) is 0. The number of aliphatic hydroxyl groups excluding tert-OH is 2. The molecule has 0 fully saturated rings. The molecule has 0 radical (unpaired) electrons. The summed E-state index contributed by atoms with van der Waals surface area (Å²) < 4.78 is 5.51. The predicted octanol–water partition coefficient (Wildman–Crippen LogP) is 24.8. The van der Waals surface area contributed by atoms with Crippen molar-refractivity contribution in [1.82, 2.24) is 5.32 Å². The summed E-state index contributed by atoms with van der Waals surface area (Å²) in [6, 6.07) is -0.544. The number of hydrogen-bond donors (Lipinski definition) is 3. The molecule has 0 aromatic rings. The lowest BCUT2D eigenvalue weighted by atomic mass is 10.0. The van der Waals surface area contributed by atoms with E-state index in [-0.39, 0.29) is 18.5 Å². The highest BCUT2D eigenvalue weighted by atomic mass is 16.5. The number of hydrogen-bond acceptors (Lipinski definition) is 5. The van der Waals surface area contributed by atoms with Crippen molar-refractivity contribution in [2.75, 3.05) is 13.2 Å². The molecule has 2 unspecified atom stereocenters. The van der Waals surface area contributed by atoms with Crippen LogP contribution in [0.1, 0.15) is 412 Å². The summed E-state index contributed by atoms with van der Waals surface area (Å²) in [7, 11) is 0. The van der Waals surface area contributed by atoms with Crippen LogP contribution in [0.4, 0.5) is 0 Å². The number of carbonyl (C=O) groups excluding carboxylic acids is 2. The van der Waals surface area contributed by atoms with Crippen molar-refractivity contribution in [3.05, 3.63) is 48.6 Å². The van der Waals surface area contributed by atoms with E-state index in [2.05, 4.69) is 67.8 Å². The fourth-order valence-corrected chi connectivity index (χ4v) is 11.8. The van der Waals surface area contributed by atoms with Gasteiger partial charge in [0.05, 0.1) is 25.4 Å². The molecule has 0 aromatic carbocycles. The van der Waals surface area contributed by atoms with Gasteiger partial charge in [-0.15, -0.1) is 0 Å². The first kappa shape index (κ1) is 81.8. The first-order valence-electron chi connectivity index (χ1n) is 37.9. The van der Waals surface area contributed by atoms with Crippen LogP contribution in [0.5, 0.6) is 0 Å². The van der Waals surface area contributed by atoms with Crippen LogP contribution < -0.4 is 5.32 Å². The van der Waals surface area contributed by atoms with Gasteiger partial charge in [-0.3, -0.25) is 9.59 Å². The van der Waals surface area contributed by atoms with Crippen LogP contribution in [0.25, 0.3) is 0 Å². The van der Waals surface area contributed by atoms with Crippen molar-refractivity contribution in [1.29, 1.82) is 0 Å². The van der Waals surface area contributed by atoms with Gasteiger partial charge in [0.2, 0.25) is 5.91 Å². The maximum Gasteiger partial charge on any atom is 0.305 e. The van der Waals surface area contributed by atoms with Crippen LogP contribution >= 0.6 is 0 Å². The van der Waals surface area contributed by atoms with Crippen LogP contribution in [-0.4, -0.2) is 47.4 Å². The lowest BCUT2D eigenvalue weighted by Gasteiger charge is -2.22. The molecule has 0 spiro atoms. The van der Waals surface area contributed by atoms with E-state index < -0.39 is 12.1 Å². The molecule has 1 amide bonds. The summed E-state index contributed by atoms with van der Waals surface area (Å²) in [5.74, 6) is -0.0237. The van der Waals surface area contributed by atoms with Crippen LogP contribution in [0.15, 0.2) is 48.6 Å². The quantitative estimate of drug-likeness (QED) is 0.0320. The van der Waals surface area contributed by atoms with Crippen molar-refractivity contribution < 1.29 is 24.5 Å². The number of carbonyl (C=O) groups is 2. The third-order valence-corrected chi connectivity index (χ3v) is 17.6. The van der Waals surface area contributed by atoms with E-state index in [0.717, 1.165) is 57.8 Å². The molecule has 494 valence electrons. The number of unbranched alkanes of at least 4 members (excludes halogenated alkanes) is 52. The van der Waals surface area contributed by atoms with Crippen molar-refractivity contribution >= 4 is 11.9 Å². The zero-order valence-electron chi connectivity index (χ0n) is 56.6. The summed E-state index contributed by atoms with van der Waals surface area (Å²) in [5, 5.41) is 23.4. The molecular weight excluding hydrogens is 1030 g/mol. The number of rotatable bonds is 71. The van der Waals surface area contributed by atoms with Gasteiger partial charge < -0.3 is 20.3 Å². The molecule has 0 aliphatic carbocycles. The van der Waals surface area contributed by atoms with E-state index >= 15 is 0 Å². The van der Waals surface area contributed by atoms with Gasteiger partial charge in [-0.05, 0) is 89.9 Å². The van der Waals surface area contributed by atoms with E-state index in [9.17, 15) is 19.8 Å². The lowest BCUT2D eigenvalue weighted by molar-refractivity contribution is -0.143. The summed E-state index contributed by atoms with van der Waals surface area (Å²) in [4.78, 5) is 24.7. The van der Waals surface area contributed by atoms with Crippen LogP contribution in [0, 0.1) is 0 Å². The van der Waals surface area contributed by atoms with Crippen molar-refractivity contribution in [3.8, 4) is 0 Å². The highest BCUT2D eigenvalue weighted by Crippen LogP contribution is 2.19. The van der Waals surface area contributed by atoms with Gasteiger partial charge in [-0.25, -0.2) is 0 Å². The number of amides is 1. The molecule has 2 atom stereocenters. The molecule has 0 rings (SSSR count). The molecule has 3 N–H and O–H groups in total. The molecule has 84 heavy (non-hydrogen) atoms. The Balaban J connectivity index is 3.40. The Hall–Kier alpha value is -2.18. The van der Waals surface area contributed by atoms with Gasteiger partial charge in [0, 0.05) is 12.8 Å². The molecule has 0 aliphatic rings. The van der Waals surface area contributed by atoms with E-state index in [4.69, 9.17) is 4.74 Å². The van der Waals surface area contributed by atoms with E-state index in [0.29, 0.717) is 25.9 Å². The number of allylic oxidation sites excluding steroid dienone is 8. The second kappa shape index (κ2) is 73.3. The minimum Gasteiger partial charge on any atom is -0.466 e. The predicted molar refractivity (Wildman–Crippen MR) is 370 cm³/mol. The molecule has 0 saturated heterocycles. The van der Waals surface area contributed by atoms with Crippen LogP contribution in [0.2, 0.25) is 0 Å². The third-order valence-electron chi connectivity index (χ3n) is 17.6. The monoisotopic (exact) mass is 1180 g/mol. The van der Waals surface area contributed by atoms with Crippen molar-refractivity contribution in [2.45, 2.75) is 424 Å². The molecule has 0 aliphatic heterocycles. The number of nitrogens with one attached hydrogen (secondary N) is 1. The minimum atomic E-state index is -0.667. The van der Waals surface area contributed by atoms with E-state index in [1.807, 2.05) is 0 Å². The average Bonchev–Trinajstić information content (AvgIpc) is 3.51.